The van der Waals surface area contributed by atoms with E-state index in [-0.39, 0.29) is 11.1 Å². The van der Waals surface area contributed by atoms with Gasteiger partial charge in [0, 0.05) is 11.1 Å². The average Bonchev–Trinajstić information content (AvgIpc) is 2.32. The number of aliphatic carboxylic acids is 2. The van der Waals surface area contributed by atoms with Crippen molar-refractivity contribution in [1.82, 2.24) is 0 Å². The molecule has 0 fully saturated rings. The molecule has 19 heavy (non-hydrogen) atoms. The number of carboxylic acid groups (broad SMARTS) is 2. The van der Waals surface area contributed by atoms with Crippen molar-refractivity contribution in [3.05, 3.63) is 36.5 Å². The number of hydrogen-bond donors (Lipinski definition) is 2. The summed E-state index contributed by atoms with van der Waals surface area (Å²) in [6.07, 6.45) is 1.58. The number of hydrogen-bond acceptors (Lipinski definition) is 4. The maximum atomic E-state index is 9.60. The fourth-order valence-electron chi connectivity index (χ4n) is 0. The molecule has 105 valence electrons. The number of allylic oxidation sites excluding steroid dienone is 1. The van der Waals surface area contributed by atoms with Crippen LogP contribution in [0.3, 0.4) is 0 Å². The summed E-state index contributed by atoms with van der Waals surface area (Å²) in [4.78, 5) is 28.5. The van der Waals surface area contributed by atoms with Gasteiger partial charge in [-0.1, -0.05) is 20.1 Å². The molecule has 0 radical (unpaired) electrons. The van der Waals surface area contributed by atoms with Gasteiger partial charge in [0.1, 0.15) is 0 Å². The van der Waals surface area contributed by atoms with Crippen molar-refractivity contribution < 1.29 is 48.3 Å². The van der Waals surface area contributed by atoms with Crippen molar-refractivity contribution in [2.45, 2.75) is 20.8 Å². The van der Waals surface area contributed by atoms with Crippen LogP contribution in [0.2, 0.25) is 0 Å². The Balaban J connectivity index is -0.0000000835. The van der Waals surface area contributed by atoms with E-state index in [1.54, 1.807) is 13.2 Å². The van der Waals surface area contributed by atoms with Gasteiger partial charge >= 0.3 is 35.7 Å². The van der Waals surface area contributed by atoms with Gasteiger partial charge in [-0.25, -0.2) is 16.2 Å². The predicted octanol–water partition coefficient (Wildman–Crippen LogP) is 1.85. The summed E-state index contributed by atoms with van der Waals surface area (Å²) in [5.41, 5.74) is 0.801. The van der Waals surface area contributed by atoms with E-state index in [0.29, 0.717) is 5.57 Å². The van der Waals surface area contributed by atoms with Crippen LogP contribution in [0.4, 0.5) is 0 Å². The number of carbonyl (C=O) groups excluding carboxylic acids is 1. The van der Waals surface area contributed by atoms with Gasteiger partial charge in [-0.3, -0.25) is 0 Å². The number of carboxylic acids is 2. The molecule has 0 aromatic carbocycles. The fourth-order valence-corrected chi connectivity index (χ4v) is 0. The van der Waals surface area contributed by atoms with E-state index in [1.807, 2.05) is 0 Å². The first kappa shape index (κ1) is 26.0. The second-order valence-electron chi connectivity index (χ2n) is 3.05. The van der Waals surface area contributed by atoms with Gasteiger partial charge in [-0.15, -0.1) is 0 Å². The molecule has 0 aliphatic heterocycles. The second kappa shape index (κ2) is 18.7. The van der Waals surface area contributed by atoms with Crippen LogP contribution in [0.5, 0.6) is 0 Å². The van der Waals surface area contributed by atoms with E-state index < -0.39 is 11.9 Å². The van der Waals surface area contributed by atoms with Gasteiger partial charge in [0.25, 0.3) is 0 Å². The Morgan fingerprint density at radius 2 is 1.00 bits per heavy atom. The predicted molar refractivity (Wildman–Crippen MR) is 66.1 cm³/mol. The van der Waals surface area contributed by atoms with Gasteiger partial charge in [-0.05, 0) is 20.1 Å². The summed E-state index contributed by atoms with van der Waals surface area (Å²) in [7, 11) is 0. The van der Waals surface area contributed by atoms with Gasteiger partial charge in [0.15, 0.2) is 0 Å². The molecule has 0 aliphatic carbocycles. The topological polar surface area (TPSA) is 109 Å². The molecule has 0 bridgehead atoms. The van der Waals surface area contributed by atoms with Crippen LogP contribution in [-0.4, -0.2) is 28.4 Å². The van der Waals surface area contributed by atoms with Crippen LogP contribution in [-0.2, 0) is 38.1 Å². The molecule has 0 amide bonds. The van der Waals surface area contributed by atoms with Gasteiger partial charge in [-0.2, -0.15) is 5.57 Å². The molecule has 2 N–H and O–H groups in total. The molecule has 0 unspecified atom stereocenters. The summed E-state index contributed by atoms with van der Waals surface area (Å²) < 4.78 is 8.25. The average molecular weight is 305 g/mol. The molecule has 0 saturated heterocycles. The number of rotatable bonds is 3. The Kier molecular flexibility index (Phi) is 25.6. The fraction of sp³-hybridized carbons (Fsp3) is 0.250. The Morgan fingerprint density at radius 1 is 0.895 bits per heavy atom. The molecule has 0 aromatic rings. The monoisotopic (exact) mass is 305 g/mol. The summed E-state index contributed by atoms with van der Waals surface area (Å²) in [6, 6.07) is 0. The van der Waals surface area contributed by atoms with E-state index >= 15 is 0 Å². The van der Waals surface area contributed by atoms with Crippen LogP contribution in [0, 0.1) is 0 Å². The van der Waals surface area contributed by atoms with Crippen LogP contribution < -0.4 is 0 Å². The molecule has 0 atom stereocenters. The Morgan fingerprint density at radius 3 is 1.00 bits per heavy atom. The molecule has 0 saturated carbocycles. The zero-order valence-corrected chi connectivity index (χ0v) is 12.7. The third-order valence-corrected chi connectivity index (χ3v) is 0.904. The minimum atomic E-state index is -0.935. The van der Waals surface area contributed by atoms with Crippen LogP contribution >= 0.6 is 0 Å². The maximum absolute atomic E-state index is 9.60. The van der Waals surface area contributed by atoms with E-state index in [9.17, 15) is 14.4 Å². The van der Waals surface area contributed by atoms with E-state index in [2.05, 4.69) is 19.7 Å². The van der Waals surface area contributed by atoms with Crippen LogP contribution in [0.1, 0.15) is 20.8 Å². The van der Waals surface area contributed by atoms with Crippen molar-refractivity contribution in [3.63, 3.8) is 0 Å². The SMILES string of the molecule is C=C(C)C(=O)O.C=C(C)C(=O)O.C=C(C)[C-]=O.[O]=[Ti+]. The minimum absolute atomic E-state index is 0.176. The zero-order valence-electron chi connectivity index (χ0n) is 11.1. The van der Waals surface area contributed by atoms with Crippen LogP contribution in [0.25, 0.3) is 0 Å². The Hall–Kier alpha value is -1.66. The first-order chi connectivity index (χ1) is 8.56. The summed E-state index contributed by atoms with van der Waals surface area (Å²) in [5.74, 6) is -1.87. The molecule has 0 heterocycles. The van der Waals surface area contributed by atoms with Crippen molar-refractivity contribution in [3.8, 4) is 0 Å². The molecule has 0 aliphatic rings. The standard InChI is InChI=1S/2C4H6O2.C4H5O.O.Ti/c2*1-3(2)4(5)6;1-4(2)3-5;;/h2*1H2,2H3,(H,5,6);1H2,2H3;;/q;;-1;;+1. The normalized spacial score (nSPS) is 6.79. The second-order valence-corrected chi connectivity index (χ2v) is 3.05. The van der Waals surface area contributed by atoms with Gasteiger partial charge in [0.05, 0.1) is 0 Å². The first-order valence-corrected chi connectivity index (χ1v) is 5.21. The third-order valence-electron chi connectivity index (χ3n) is 0.904. The Labute approximate surface area is 124 Å². The van der Waals surface area contributed by atoms with Crippen molar-refractivity contribution in [2.24, 2.45) is 0 Å². The van der Waals surface area contributed by atoms with E-state index in [0.717, 1.165) is 20.4 Å². The third kappa shape index (κ3) is 48.3. The van der Waals surface area contributed by atoms with E-state index in [4.69, 9.17) is 13.5 Å². The molecule has 0 aromatic heterocycles. The molecular weight excluding hydrogens is 288 g/mol. The van der Waals surface area contributed by atoms with Gasteiger partial charge < -0.3 is 15.0 Å². The molecular formula is C12H17O6Ti. The molecule has 6 nitrogen and oxygen atoms in total. The first-order valence-electron chi connectivity index (χ1n) is 4.57. The summed E-state index contributed by atoms with van der Waals surface area (Å²) in [5, 5.41) is 15.8. The van der Waals surface area contributed by atoms with Crippen LogP contribution in [0.15, 0.2) is 36.5 Å². The van der Waals surface area contributed by atoms with Crippen molar-refractivity contribution >= 4 is 18.2 Å². The number of carbonyl (C=O) groups is 2. The quantitative estimate of drug-likeness (QED) is 0.468. The molecule has 0 rings (SSSR count). The summed E-state index contributed by atoms with van der Waals surface area (Å²) >= 11 is 0.750. The summed E-state index contributed by atoms with van der Waals surface area (Å²) in [6.45, 7) is 14.1. The van der Waals surface area contributed by atoms with Crippen molar-refractivity contribution in [2.75, 3.05) is 0 Å². The zero-order chi connectivity index (χ0) is 16.6. The van der Waals surface area contributed by atoms with E-state index in [1.165, 1.54) is 13.8 Å². The van der Waals surface area contributed by atoms with Crippen molar-refractivity contribution in [1.29, 1.82) is 0 Å². The molecule has 7 heteroatoms. The van der Waals surface area contributed by atoms with Gasteiger partial charge in [0.2, 0.25) is 0 Å². The Bertz CT molecular complexity index is 298. The molecule has 0 spiro atoms.